The van der Waals surface area contributed by atoms with Gasteiger partial charge in [0.15, 0.2) is 5.76 Å². The molecular weight excluding hydrogens is 276 g/mol. The van der Waals surface area contributed by atoms with Gasteiger partial charge in [-0.05, 0) is 38.5 Å². The minimum Gasteiger partial charge on any atom is -0.360 e. The summed E-state index contributed by atoms with van der Waals surface area (Å²) < 4.78 is 32.2. The molecule has 1 saturated heterocycles. The first-order valence-electron chi connectivity index (χ1n) is 7.43. The zero-order valence-corrected chi connectivity index (χ0v) is 12.9. The minimum absolute atomic E-state index is 0.270. The van der Waals surface area contributed by atoms with Gasteiger partial charge in [0.1, 0.15) is 10.6 Å². The van der Waals surface area contributed by atoms with Crippen LogP contribution in [0.25, 0.3) is 0 Å². The maximum atomic E-state index is 12.8. The van der Waals surface area contributed by atoms with E-state index in [0.29, 0.717) is 30.5 Å². The normalized spacial score (nSPS) is 28.3. The van der Waals surface area contributed by atoms with E-state index in [4.69, 9.17) is 4.52 Å². The second kappa shape index (κ2) is 5.15. The van der Waals surface area contributed by atoms with Crippen molar-refractivity contribution in [2.24, 2.45) is 11.8 Å². The number of hydrogen-bond donors (Lipinski definition) is 0. The van der Waals surface area contributed by atoms with Crippen LogP contribution < -0.4 is 0 Å². The van der Waals surface area contributed by atoms with Crippen molar-refractivity contribution in [3.8, 4) is 0 Å². The van der Waals surface area contributed by atoms with Crippen LogP contribution in [0.3, 0.4) is 0 Å². The smallest absolute Gasteiger partial charge is 0.248 e. The van der Waals surface area contributed by atoms with Crippen LogP contribution in [0.1, 0.15) is 43.6 Å². The number of aryl methyl sites for hydroxylation is 2. The maximum Gasteiger partial charge on any atom is 0.248 e. The molecule has 5 nitrogen and oxygen atoms in total. The molecule has 3 rings (SSSR count). The summed E-state index contributed by atoms with van der Waals surface area (Å²) in [5.41, 5.74) is 0.466. The molecule has 0 bridgehead atoms. The molecule has 1 aliphatic heterocycles. The van der Waals surface area contributed by atoms with Crippen LogP contribution in [-0.4, -0.2) is 31.0 Å². The Bertz CT molecular complexity index is 574. The van der Waals surface area contributed by atoms with Crippen LogP contribution in [0.4, 0.5) is 0 Å². The molecule has 1 aromatic heterocycles. The monoisotopic (exact) mass is 298 g/mol. The number of fused-ring (bicyclic) bond motifs is 1. The molecule has 0 radical (unpaired) electrons. The van der Waals surface area contributed by atoms with Gasteiger partial charge in [-0.15, -0.1) is 0 Å². The van der Waals surface area contributed by atoms with Gasteiger partial charge in [-0.3, -0.25) is 0 Å². The zero-order chi connectivity index (χ0) is 14.3. The van der Waals surface area contributed by atoms with Gasteiger partial charge in [-0.25, -0.2) is 8.42 Å². The molecule has 1 aliphatic carbocycles. The topological polar surface area (TPSA) is 63.4 Å². The van der Waals surface area contributed by atoms with E-state index in [-0.39, 0.29) is 4.90 Å². The van der Waals surface area contributed by atoms with Gasteiger partial charge in [-0.2, -0.15) is 4.31 Å². The first-order chi connectivity index (χ1) is 9.50. The lowest BCUT2D eigenvalue weighted by atomic mass is 9.76. The molecule has 2 atom stereocenters. The summed E-state index contributed by atoms with van der Waals surface area (Å²) in [4.78, 5) is 0.270. The van der Waals surface area contributed by atoms with Crippen LogP contribution >= 0.6 is 0 Å². The Morgan fingerprint density at radius 3 is 2.50 bits per heavy atom. The molecule has 2 aliphatic rings. The SMILES string of the molecule is Cc1noc(C)c1S(=O)(=O)N1CC[C@@H]2CCCC[C@@H]2C1. The Morgan fingerprint density at radius 1 is 1.15 bits per heavy atom. The molecular formula is C14H22N2O3S. The highest BCUT2D eigenvalue weighted by Crippen LogP contribution is 2.38. The average Bonchev–Trinajstić information content (AvgIpc) is 2.78. The molecule has 1 aromatic rings. The van der Waals surface area contributed by atoms with Crippen molar-refractivity contribution in [3.05, 3.63) is 11.5 Å². The van der Waals surface area contributed by atoms with Crippen LogP contribution in [0.5, 0.6) is 0 Å². The number of nitrogens with zero attached hydrogens (tertiary/aromatic N) is 2. The van der Waals surface area contributed by atoms with E-state index in [2.05, 4.69) is 5.16 Å². The third-order valence-corrected chi connectivity index (χ3v) is 6.93. The van der Waals surface area contributed by atoms with Crippen LogP contribution in [-0.2, 0) is 10.0 Å². The minimum atomic E-state index is -3.45. The van der Waals surface area contributed by atoms with E-state index >= 15 is 0 Å². The van der Waals surface area contributed by atoms with Gasteiger partial charge in [0, 0.05) is 13.1 Å². The Balaban J connectivity index is 1.85. The lowest BCUT2D eigenvalue weighted by Crippen LogP contribution is -2.44. The molecule has 0 aromatic carbocycles. The summed E-state index contributed by atoms with van der Waals surface area (Å²) in [6.45, 7) is 4.65. The third kappa shape index (κ3) is 2.29. The van der Waals surface area contributed by atoms with Crippen molar-refractivity contribution in [1.29, 1.82) is 0 Å². The molecule has 2 fully saturated rings. The first kappa shape index (κ1) is 14.1. The van der Waals surface area contributed by atoms with Gasteiger partial charge in [0.05, 0.1) is 0 Å². The van der Waals surface area contributed by atoms with Crippen molar-refractivity contribution >= 4 is 10.0 Å². The fourth-order valence-corrected chi connectivity index (χ4v) is 5.56. The van der Waals surface area contributed by atoms with Gasteiger partial charge in [0.2, 0.25) is 10.0 Å². The predicted molar refractivity (Wildman–Crippen MR) is 74.8 cm³/mol. The quantitative estimate of drug-likeness (QED) is 0.841. The fourth-order valence-electron chi connectivity index (χ4n) is 3.76. The summed E-state index contributed by atoms with van der Waals surface area (Å²) in [6.07, 6.45) is 5.97. The standard InChI is InChI=1S/C14H22N2O3S/c1-10-14(11(2)19-15-10)20(17,18)16-8-7-12-5-3-4-6-13(12)9-16/h12-13H,3-9H2,1-2H3/t12-,13+/m0/s1. The summed E-state index contributed by atoms with van der Waals surface area (Å²) in [7, 11) is -3.45. The lowest BCUT2D eigenvalue weighted by molar-refractivity contribution is 0.136. The Kier molecular flexibility index (Phi) is 3.62. The summed E-state index contributed by atoms with van der Waals surface area (Å²) in [5, 5.41) is 3.78. The molecule has 112 valence electrons. The Labute approximate surface area is 120 Å². The highest BCUT2D eigenvalue weighted by Gasteiger charge is 2.38. The lowest BCUT2D eigenvalue weighted by Gasteiger charge is -2.40. The third-order valence-electron chi connectivity index (χ3n) is 4.82. The number of piperidine rings is 1. The van der Waals surface area contributed by atoms with E-state index in [9.17, 15) is 8.42 Å². The van der Waals surface area contributed by atoms with Crippen LogP contribution in [0.15, 0.2) is 9.42 Å². The second-order valence-electron chi connectivity index (χ2n) is 6.11. The molecule has 20 heavy (non-hydrogen) atoms. The Morgan fingerprint density at radius 2 is 1.85 bits per heavy atom. The number of hydrogen-bond acceptors (Lipinski definition) is 4. The maximum absolute atomic E-state index is 12.8. The van der Waals surface area contributed by atoms with E-state index in [1.165, 1.54) is 19.3 Å². The van der Waals surface area contributed by atoms with Gasteiger partial charge in [-0.1, -0.05) is 24.4 Å². The van der Waals surface area contributed by atoms with Crippen LogP contribution in [0.2, 0.25) is 0 Å². The number of aromatic nitrogens is 1. The molecule has 2 heterocycles. The predicted octanol–water partition coefficient (Wildman–Crippen LogP) is 2.49. The van der Waals surface area contributed by atoms with E-state index in [1.807, 2.05) is 0 Å². The Hall–Kier alpha value is -0.880. The van der Waals surface area contributed by atoms with E-state index in [0.717, 1.165) is 18.8 Å². The summed E-state index contributed by atoms with van der Waals surface area (Å²) in [6, 6.07) is 0. The molecule has 1 saturated carbocycles. The number of sulfonamides is 1. The zero-order valence-electron chi connectivity index (χ0n) is 12.1. The van der Waals surface area contributed by atoms with Gasteiger partial charge < -0.3 is 4.52 Å². The highest BCUT2D eigenvalue weighted by molar-refractivity contribution is 7.89. The average molecular weight is 298 g/mol. The molecule has 6 heteroatoms. The second-order valence-corrected chi connectivity index (χ2v) is 7.98. The van der Waals surface area contributed by atoms with E-state index in [1.54, 1.807) is 18.2 Å². The van der Waals surface area contributed by atoms with Crippen molar-refractivity contribution in [3.63, 3.8) is 0 Å². The van der Waals surface area contributed by atoms with Crippen molar-refractivity contribution in [2.75, 3.05) is 13.1 Å². The largest absolute Gasteiger partial charge is 0.360 e. The van der Waals surface area contributed by atoms with E-state index < -0.39 is 10.0 Å². The number of rotatable bonds is 2. The summed E-state index contributed by atoms with van der Waals surface area (Å²) >= 11 is 0. The van der Waals surface area contributed by atoms with Crippen molar-refractivity contribution < 1.29 is 12.9 Å². The van der Waals surface area contributed by atoms with Gasteiger partial charge >= 0.3 is 0 Å². The molecule has 0 unspecified atom stereocenters. The highest BCUT2D eigenvalue weighted by atomic mass is 32.2. The molecule has 0 amide bonds. The molecule has 0 N–H and O–H groups in total. The van der Waals surface area contributed by atoms with Crippen molar-refractivity contribution in [2.45, 2.75) is 50.8 Å². The van der Waals surface area contributed by atoms with Gasteiger partial charge in [0.25, 0.3) is 0 Å². The summed E-state index contributed by atoms with van der Waals surface area (Å²) in [5.74, 6) is 1.65. The molecule has 0 spiro atoms. The first-order valence-corrected chi connectivity index (χ1v) is 8.87. The van der Waals surface area contributed by atoms with Crippen molar-refractivity contribution in [1.82, 2.24) is 9.46 Å². The van der Waals surface area contributed by atoms with Crippen LogP contribution in [0, 0.1) is 25.7 Å². The fraction of sp³-hybridized carbons (Fsp3) is 0.786.